The van der Waals surface area contributed by atoms with Crippen molar-refractivity contribution in [2.24, 2.45) is 23.2 Å². The Morgan fingerprint density at radius 3 is 2.05 bits per heavy atom. The monoisotopic (exact) mass is 524 g/mol. The molecule has 7 atom stereocenters. The predicted molar refractivity (Wildman–Crippen MR) is 152 cm³/mol. The Morgan fingerprint density at radius 1 is 0.811 bits per heavy atom. The fraction of sp³-hybridized carbons (Fsp3) is 0.636. The minimum atomic E-state index is -0.216. The summed E-state index contributed by atoms with van der Waals surface area (Å²) in [5, 5.41) is 20.4. The molecule has 0 aliphatic heterocycles. The molecule has 0 aromatic heterocycles. The summed E-state index contributed by atoms with van der Waals surface area (Å²) in [6.45, 7) is 2.78. The van der Waals surface area contributed by atoms with Gasteiger partial charge in [-0.3, -0.25) is 0 Å². The molecule has 2 aromatic carbocycles. The van der Waals surface area contributed by atoms with Crippen molar-refractivity contribution in [3.63, 3.8) is 0 Å². The second-order valence-corrected chi connectivity index (χ2v) is 12.8. The molecule has 3 nitrogen and oxygen atoms in total. The first-order chi connectivity index (χ1) is 18.0. The second kappa shape index (κ2) is 12.0. The highest BCUT2D eigenvalue weighted by Gasteiger charge is 2.52. The summed E-state index contributed by atoms with van der Waals surface area (Å²) < 4.78 is 5.63. The number of alkyl halides is 1. The van der Waals surface area contributed by atoms with Gasteiger partial charge >= 0.3 is 0 Å². The van der Waals surface area contributed by atoms with Crippen LogP contribution in [0.2, 0.25) is 0 Å². The quantitative estimate of drug-likeness (QED) is 0.386. The molecule has 0 saturated heterocycles. The zero-order valence-corrected chi connectivity index (χ0v) is 23.2. The molecule has 2 N–H and O–H groups in total. The third-order valence-corrected chi connectivity index (χ3v) is 10.5. The van der Waals surface area contributed by atoms with E-state index in [4.69, 9.17) is 16.3 Å². The van der Waals surface area contributed by atoms with Crippen LogP contribution in [0.15, 0.2) is 48.5 Å². The number of halogens is 1. The lowest BCUT2D eigenvalue weighted by molar-refractivity contribution is 0.000545. The Labute approximate surface area is 228 Å². The SMILES string of the molecule is C1CCC2CCCC2C1.C[C@]12C[C@H](c3ccc(OCCCl)cc3)[C@H](c3ccc(O)cc3)C[C@@H]1CC[C@@H]2O. The van der Waals surface area contributed by atoms with E-state index in [2.05, 4.69) is 31.2 Å². The normalized spacial score (nSPS) is 34.7. The molecule has 37 heavy (non-hydrogen) atoms. The van der Waals surface area contributed by atoms with Gasteiger partial charge in [-0.2, -0.15) is 0 Å². The minimum Gasteiger partial charge on any atom is -0.508 e. The van der Waals surface area contributed by atoms with Crippen molar-refractivity contribution in [2.75, 3.05) is 12.5 Å². The molecule has 0 radical (unpaired) electrons. The van der Waals surface area contributed by atoms with Crippen molar-refractivity contribution in [1.29, 1.82) is 0 Å². The van der Waals surface area contributed by atoms with Crippen LogP contribution in [0.1, 0.15) is 101 Å². The van der Waals surface area contributed by atoms with Gasteiger partial charge in [0.05, 0.1) is 12.0 Å². The van der Waals surface area contributed by atoms with Gasteiger partial charge in [-0.05, 0) is 96.1 Å². The first kappa shape index (κ1) is 26.9. The van der Waals surface area contributed by atoms with Gasteiger partial charge < -0.3 is 14.9 Å². The third kappa shape index (κ3) is 5.98. The van der Waals surface area contributed by atoms with Gasteiger partial charge in [0.15, 0.2) is 0 Å². The summed E-state index contributed by atoms with van der Waals surface area (Å²) in [6, 6.07) is 16.0. The molecule has 4 aliphatic rings. The number of aliphatic hydroxyl groups excluding tert-OH is 1. The molecule has 4 aliphatic carbocycles. The summed E-state index contributed by atoms with van der Waals surface area (Å²) in [5.41, 5.74) is 2.54. The molecule has 2 aromatic rings. The van der Waals surface area contributed by atoms with E-state index in [0.29, 0.717) is 36.0 Å². The van der Waals surface area contributed by atoms with Crippen molar-refractivity contribution < 1.29 is 14.9 Å². The Bertz CT molecular complexity index is 978. The molecule has 6 rings (SSSR count). The Morgan fingerprint density at radius 2 is 1.41 bits per heavy atom. The van der Waals surface area contributed by atoms with E-state index in [9.17, 15) is 10.2 Å². The number of ether oxygens (including phenoxy) is 1. The number of hydrogen-bond donors (Lipinski definition) is 2. The minimum absolute atomic E-state index is 0.0219. The van der Waals surface area contributed by atoms with Crippen molar-refractivity contribution in [3.05, 3.63) is 59.7 Å². The number of aromatic hydroxyl groups is 1. The largest absolute Gasteiger partial charge is 0.508 e. The van der Waals surface area contributed by atoms with Gasteiger partial charge in [0.1, 0.15) is 18.1 Å². The molecule has 0 spiro atoms. The molecular weight excluding hydrogens is 480 g/mol. The van der Waals surface area contributed by atoms with Crippen LogP contribution in [-0.2, 0) is 0 Å². The van der Waals surface area contributed by atoms with Gasteiger partial charge in [-0.25, -0.2) is 0 Å². The third-order valence-electron chi connectivity index (χ3n) is 10.4. The van der Waals surface area contributed by atoms with Crippen LogP contribution in [0.4, 0.5) is 0 Å². The summed E-state index contributed by atoms with van der Waals surface area (Å²) in [6.07, 6.45) is 14.7. The summed E-state index contributed by atoms with van der Waals surface area (Å²) in [4.78, 5) is 0. The topological polar surface area (TPSA) is 49.7 Å². The summed E-state index contributed by atoms with van der Waals surface area (Å²) in [7, 11) is 0. The number of phenolic OH excluding ortho intramolecular Hbond substituents is 1. The maximum atomic E-state index is 10.7. The standard InChI is InChI=1S/C24H29ClO3.C9H16/c1-24-15-22(17-4-9-20(10-5-17)28-13-12-25)21(14-18(24)6-11-23(24)27)16-2-7-19(26)8-3-16;1-2-5-9-7-3-6-8(9)4-1/h2-5,7-10,18,21-23,26-27H,6,11-15H2,1H3;8-9H,1-7H2/t18-,21-,22+,23-,24-;/m0./s1. The van der Waals surface area contributed by atoms with Gasteiger partial charge in [0.2, 0.25) is 0 Å². The van der Waals surface area contributed by atoms with Gasteiger partial charge in [0, 0.05) is 0 Å². The molecule has 0 bridgehead atoms. The van der Waals surface area contributed by atoms with Crippen molar-refractivity contribution in [3.8, 4) is 11.5 Å². The lowest BCUT2D eigenvalue weighted by Gasteiger charge is -2.47. The molecular formula is C33H45ClO3. The fourth-order valence-corrected chi connectivity index (χ4v) is 8.24. The van der Waals surface area contributed by atoms with Crippen LogP contribution in [0.3, 0.4) is 0 Å². The van der Waals surface area contributed by atoms with Gasteiger partial charge in [-0.15, -0.1) is 11.6 Å². The highest BCUT2D eigenvalue weighted by Crippen LogP contribution is 2.60. The first-order valence-corrected chi connectivity index (χ1v) is 15.3. The molecule has 4 saturated carbocycles. The number of benzene rings is 2. The Hall–Kier alpha value is -1.71. The highest BCUT2D eigenvalue weighted by molar-refractivity contribution is 6.18. The summed E-state index contributed by atoms with van der Waals surface area (Å²) >= 11 is 5.72. The fourth-order valence-electron chi connectivity index (χ4n) is 8.16. The lowest BCUT2D eigenvalue weighted by atomic mass is 9.58. The number of phenols is 1. The van der Waals surface area contributed by atoms with E-state index < -0.39 is 0 Å². The van der Waals surface area contributed by atoms with Crippen LogP contribution in [0.25, 0.3) is 0 Å². The Balaban J connectivity index is 0.000000260. The molecule has 2 unspecified atom stereocenters. The van der Waals surface area contributed by atoms with E-state index in [1.165, 1.54) is 42.2 Å². The highest BCUT2D eigenvalue weighted by atomic mass is 35.5. The number of fused-ring (bicyclic) bond motifs is 2. The maximum absolute atomic E-state index is 10.7. The van der Waals surface area contributed by atoms with Crippen LogP contribution in [-0.4, -0.2) is 28.8 Å². The lowest BCUT2D eigenvalue weighted by Crippen LogP contribution is -2.40. The molecule has 202 valence electrons. The molecule has 0 amide bonds. The van der Waals surface area contributed by atoms with E-state index >= 15 is 0 Å². The van der Waals surface area contributed by atoms with E-state index in [1.54, 1.807) is 37.8 Å². The van der Waals surface area contributed by atoms with Crippen molar-refractivity contribution in [2.45, 2.75) is 95.5 Å². The zero-order chi connectivity index (χ0) is 25.8. The smallest absolute Gasteiger partial charge is 0.119 e. The van der Waals surface area contributed by atoms with Crippen molar-refractivity contribution >= 4 is 11.6 Å². The van der Waals surface area contributed by atoms with Crippen molar-refractivity contribution in [1.82, 2.24) is 0 Å². The van der Waals surface area contributed by atoms with Gasteiger partial charge in [-0.1, -0.05) is 76.1 Å². The first-order valence-electron chi connectivity index (χ1n) is 14.7. The average Bonchev–Trinajstić information content (AvgIpc) is 3.52. The molecule has 0 heterocycles. The van der Waals surface area contributed by atoms with Crippen LogP contribution >= 0.6 is 11.6 Å². The molecule has 4 heteroatoms. The van der Waals surface area contributed by atoms with Crippen LogP contribution < -0.4 is 4.74 Å². The molecule has 4 fully saturated rings. The maximum Gasteiger partial charge on any atom is 0.119 e. The zero-order valence-electron chi connectivity index (χ0n) is 22.5. The van der Waals surface area contributed by atoms with E-state index in [1.807, 2.05) is 12.1 Å². The van der Waals surface area contributed by atoms with E-state index in [0.717, 1.165) is 31.4 Å². The van der Waals surface area contributed by atoms with Crippen LogP contribution in [0.5, 0.6) is 11.5 Å². The van der Waals surface area contributed by atoms with Crippen LogP contribution in [0, 0.1) is 23.2 Å². The van der Waals surface area contributed by atoms with E-state index in [-0.39, 0.29) is 11.5 Å². The number of hydrogen-bond acceptors (Lipinski definition) is 3. The number of aliphatic hydroxyl groups is 1. The average molecular weight is 525 g/mol. The summed E-state index contributed by atoms with van der Waals surface area (Å²) in [5.74, 6) is 5.22. The second-order valence-electron chi connectivity index (χ2n) is 12.4. The Kier molecular flexibility index (Phi) is 8.71. The predicted octanol–water partition coefficient (Wildman–Crippen LogP) is 8.42. The van der Waals surface area contributed by atoms with Gasteiger partial charge in [0.25, 0.3) is 0 Å². The number of rotatable bonds is 5.